The van der Waals surface area contributed by atoms with Crippen molar-refractivity contribution in [3.63, 3.8) is 0 Å². The Morgan fingerprint density at radius 3 is 2.62 bits per heavy atom. The third kappa shape index (κ3) is 5.72. The lowest BCUT2D eigenvalue weighted by Crippen LogP contribution is -2.13. The number of methoxy groups -OCH3 is 1. The van der Waals surface area contributed by atoms with Crippen LogP contribution in [0.2, 0.25) is 5.02 Å². The van der Waals surface area contributed by atoms with Gasteiger partial charge in [-0.05, 0) is 30.3 Å². The Kier molecular flexibility index (Phi) is 7.51. The molecular weight excluding hydrogens is 420 g/mol. The summed E-state index contributed by atoms with van der Waals surface area (Å²) in [6.07, 6.45) is 1.65. The second kappa shape index (κ2) is 10.3. The van der Waals surface area contributed by atoms with E-state index in [-0.39, 0.29) is 5.75 Å². The van der Waals surface area contributed by atoms with Crippen LogP contribution in [0, 0.1) is 0 Å². The molecule has 5 nitrogen and oxygen atoms in total. The summed E-state index contributed by atoms with van der Waals surface area (Å²) in [5.74, 6) is 0.0927. The summed E-state index contributed by atoms with van der Waals surface area (Å²) in [7, 11) is 1.61. The number of ether oxygens (including phenoxy) is 2. The van der Waals surface area contributed by atoms with E-state index in [1.807, 2.05) is 23.6 Å². The van der Waals surface area contributed by atoms with Gasteiger partial charge in [0.25, 0.3) is 0 Å². The maximum absolute atomic E-state index is 12.4. The van der Waals surface area contributed by atoms with Crippen LogP contribution >= 0.6 is 22.9 Å². The van der Waals surface area contributed by atoms with Gasteiger partial charge < -0.3 is 9.47 Å². The van der Waals surface area contributed by atoms with Crippen LogP contribution < -0.4 is 9.54 Å². The summed E-state index contributed by atoms with van der Waals surface area (Å²) in [5, 5.41) is 7.04. The van der Waals surface area contributed by atoms with Gasteiger partial charge in [0.15, 0.2) is 0 Å². The molecule has 9 heteroatoms. The summed E-state index contributed by atoms with van der Waals surface area (Å²) < 4.78 is 35.9. The van der Waals surface area contributed by atoms with Crippen molar-refractivity contribution >= 4 is 29.2 Å². The molecule has 0 amide bonds. The van der Waals surface area contributed by atoms with Crippen molar-refractivity contribution in [3.05, 3.63) is 69.3 Å². The van der Waals surface area contributed by atoms with Crippen LogP contribution in [-0.4, -0.2) is 37.8 Å². The van der Waals surface area contributed by atoms with E-state index in [2.05, 4.69) is 14.8 Å². The van der Waals surface area contributed by atoms with E-state index in [0.29, 0.717) is 23.0 Å². The summed E-state index contributed by atoms with van der Waals surface area (Å²) >= 11 is 7.63. The Labute approximate surface area is 175 Å². The number of halogens is 3. The second-order valence-electron chi connectivity index (χ2n) is 5.76. The Morgan fingerprint density at radius 1 is 1.17 bits per heavy atom. The highest BCUT2D eigenvalue weighted by molar-refractivity contribution is 7.07. The largest absolute Gasteiger partial charge is 0.435 e. The first-order valence-corrected chi connectivity index (χ1v) is 9.88. The van der Waals surface area contributed by atoms with E-state index in [1.165, 1.54) is 23.5 Å². The molecule has 0 aliphatic carbocycles. The molecule has 1 aromatic heterocycles. The van der Waals surface area contributed by atoms with Crippen molar-refractivity contribution in [3.8, 4) is 17.0 Å². The van der Waals surface area contributed by atoms with Crippen LogP contribution in [0.1, 0.15) is 5.56 Å². The van der Waals surface area contributed by atoms with E-state index in [0.717, 1.165) is 16.8 Å². The summed E-state index contributed by atoms with van der Waals surface area (Å²) in [6.45, 7) is -1.89. The second-order valence-corrected chi connectivity index (χ2v) is 7.00. The van der Waals surface area contributed by atoms with Gasteiger partial charge in [-0.2, -0.15) is 13.9 Å². The highest BCUT2D eigenvalue weighted by atomic mass is 35.5. The van der Waals surface area contributed by atoms with Gasteiger partial charge in [0.05, 0.1) is 25.1 Å². The summed E-state index contributed by atoms with van der Waals surface area (Å²) in [6, 6.07) is 13.7. The van der Waals surface area contributed by atoms with Crippen LogP contribution in [0.4, 0.5) is 8.78 Å². The average Bonchev–Trinajstić information content (AvgIpc) is 3.10. The fourth-order valence-corrected chi connectivity index (χ4v) is 3.51. The molecule has 29 heavy (non-hydrogen) atoms. The third-order valence-corrected chi connectivity index (χ3v) is 5.02. The van der Waals surface area contributed by atoms with Gasteiger partial charge in [-0.25, -0.2) is 4.68 Å². The zero-order valence-corrected chi connectivity index (χ0v) is 17.0. The van der Waals surface area contributed by atoms with Crippen molar-refractivity contribution in [1.82, 2.24) is 4.68 Å². The molecule has 2 aromatic carbocycles. The van der Waals surface area contributed by atoms with E-state index >= 15 is 0 Å². The number of aromatic nitrogens is 1. The molecule has 0 atom stereocenters. The zero-order valence-electron chi connectivity index (χ0n) is 15.5. The molecule has 0 radical (unpaired) electrons. The number of hydrogen-bond donors (Lipinski definition) is 0. The van der Waals surface area contributed by atoms with Crippen LogP contribution in [0.15, 0.2) is 64.0 Å². The van der Waals surface area contributed by atoms with Gasteiger partial charge in [0.1, 0.15) is 5.75 Å². The van der Waals surface area contributed by atoms with Crippen molar-refractivity contribution in [2.45, 2.75) is 6.61 Å². The standard InChI is InChI=1S/C20H18ClF2N3O2S/c1-27-11-10-24-20-26(25-12-15-4-2-3-5-17(15)21)18(13-29-20)14-6-8-16(9-7-14)28-19(22)23/h2-9,12-13,19H,10-11H2,1H3/b24-20?,25-12+. The van der Waals surface area contributed by atoms with Gasteiger partial charge in [0, 0.05) is 28.6 Å². The fourth-order valence-electron chi connectivity index (χ4n) is 2.46. The van der Waals surface area contributed by atoms with Gasteiger partial charge >= 0.3 is 6.61 Å². The summed E-state index contributed by atoms with van der Waals surface area (Å²) in [4.78, 5) is 5.19. The molecule has 0 aliphatic heterocycles. The number of benzene rings is 2. The Morgan fingerprint density at radius 2 is 1.93 bits per heavy atom. The minimum absolute atomic E-state index is 0.0927. The fraction of sp³-hybridized carbons (Fsp3) is 0.200. The molecule has 0 N–H and O–H groups in total. The quantitative estimate of drug-likeness (QED) is 0.371. The lowest BCUT2D eigenvalue weighted by Gasteiger charge is -2.07. The van der Waals surface area contributed by atoms with Gasteiger partial charge in [-0.1, -0.05) is 29.8 Å². The molecule has 0 saturated carbocycles. The maximum Gasteiger partial charge on any atom is 0.387 e. The first kappa shape index (κ1) is 21.2. The number of nitrogens with zero attached hydrogens (tertiary/aromatic N) is 3. The van der Waals surface area contributed by atoms with Crippen LogP contribution in [0.3, 0.4) is 0 Å². The van der Waals surface area contributed by atoms with Crippen LogP contribution in [0.25, 0.3) is 11.3 Å². The van der Waals surface area contributed by atoms with Gasteiger partial charge in [-0.15, -0.1) is 11.3 Å². The van der Waals surface area contributed by atoms with E-state index in [1.54, 1.807) is 36.2 Å². The van der Waals surface area contributed by atoms with Crippen LogP contribution in [-0.2, 0) is 4.74 Å². The van der Waals surface area contributed by atoms with Gasteiger partial charge in [-0.3, -0.25) is 4.99 Å². The molecule has 152 valence electrons. The lowest BCUT2D eigenvalue weighted by molar-refractivity contribution is -0.0498. The lowest BCUT2D eigenvalue weighted by atomic mass is 10.2. The smallest absolute Gasteiger partial charge is 0.387 e. The normalized spacial score (nSPS) is 12.2. The predicted octanol–water partition coefficient (Wildman–Crippen LogP) is 4.90. The highest BCUT2D eigenvalue weighted by Crippen LogP contribution is 2.24. The monoisotopic (exact) mass is 437 g/mol. The van der Waals surface area contributed by atoms with Crippen molar-refractivity contribution in [2.24, 2.45) is 10.1 Å². The molecule has 0 saturated heterocycles. The zero-order chi connectivity index (χ0) is 20.6. The number of thiazole rings is 1. The van der Waals surface area contributed by atoms with Crippen molar-refractivity contribution in [2.75, 3.05) is 20.3 Å². The molecule has 0 spiro atoms. The topological polar surface area (TPSA) is 48.1 Å². The minimum atomic E-state index is -2.86. The first-order chi connectivity index (χ1) is 14.1. The van der Waals surface area contributed by atoms with E-state index < -0.39 is 6.61 Å². The molecule has 0 aliphatic rings. The molecule has 0 fully saturated rings. The van der Waals surface area contributed by atoms with Crippen molar-refractivity contribution in [1.29, 1.82) is 0 Å². The highest BCUT2D eigenvalue weighted by Gasteiger charge is 2.09. The Bertz CT molecular complexity index is 1030. The van der Waals surface area contributed by atoms with E-state index in [9.17, 15) is 8.78 Å². The Hall–Kier alpha value is -2.55. The molecule has 0 unspecified atom stereocenters. The number of rotatable bonds is 8. The molecule has 1 heterocycles. The number of alkyl halides is 2. The Balaban J connectivity index is 1.99. The minimum Gasteiger partial charge on any atom is -0.435 e. The SMILES string of the molecule is COCCN=c1scc(-c2ccc(OC(F)F)cc2)n1/N=C/c1ccccc1Cl. The number of hydrogen-bond acceptors (Lipinski definition) is 5. The van der Waals surface area contributed by atoms with Gasteiger partial charge in [0.2, 0.25) is 4.80 Å². The maximum atomic E-state index is 12.4. The van der Waals surface area contributed by atoms with Crippen LogP contribution in [0.5, 0.6) is 5.75 Å². The molecule has 0 bridgehead atoms. The molecule has 3 rings (SSSR count). The predicted molar refractivity (Wildman–Crippen MR) is 111 cm³/mol. The molecule has 3 aromatic rings. The third-order valence-electron chi connectivity index (χ3n) is 3.82. The van der Waals surface area contributed by atoms with E-state index in [4.69, 9.17) is 16.3 Å². The average molecular weight is 438 g/mol. The van der Waals surface area contributed by atoms with Crippen molar-refractivity contribution < 1.29 is 18.3 Å². The summed E-state index contributed by atoms with van der Waals surface area (Å²) in [5.41, 5.74) is 2.31. The first-order valence-electron chi connectivity index (χ1n) is 8.62. The molecular formula is C20H18ClF2N3O2S.